The number of thiophene rings is 1. The molecule has 0 saturated heterocycles. The van der Waals surface area contributed by atoms with Crippen LogP contribution in [0, 0.1) is 0 Å². The lowest BCUT2D eigenvalue weighted by Crippen LogP contribution is -2.36. The monoisotopic (exact) mass is 405 g/mol. The van der Waals surface area contributed by atoms with Gasteiger partial charge in [0.15, 0.2) is 5.82 Å². The second-order valence-electron chi connectivity index (χ2n) is 7.65. The van der Waals surface area contributed by atoms with Crippen LogP contribution in [0.4, 0.5) is 0 Å². The molecular formula is C22H23N5OS. The van der Waals surface area contributed by atoms with Crippen LogP contribution < -0.4 is 5.56 Å². The minimum Gasteiger partial charge on any atom is -0.305 e. The molecule has 0 unspecified atom stereocenters. The Morgan fingerprint density at radius 1 is 1.17 bits per heavy atom. The Labute approximate surface area is 173 Å². The van der Waals surface area contributed by atoms with Crippen molar-refractivity contribution in [1.82, 2.24) is 19.9 Å². The third kappa shape index (κ3) is 3.93. The normalized spacial score (nSPS) is 17.0. The maximum atomic E-state index is 12.7. The average Bonchev–Trinajstić information content (AvgIpc) is 3.30. The Morgan fingerprint density at radius 2 is 2.14 bits per heavy atom. The molecule has 7 heteroatoms. The van der Waals surface area contributed by atoms with Gasteiger partial charge in [0.1, 0.15) is 0 Å². The zero-order chi connectivity index (χ0) is 19.6. The first kappa shape index (κ1) is 18.4. The van der Waals surface area contributed by atoms with Crippen LogP contribution in [-0.2, 0) is 19.5 Å². The number of fused-ring (bicyclic) bond motifs is 1. The summed E-state index contributed by atoms with van der Waals surface area (Å²) in [5, 5.41) is 4.17. The molecule has 2 aliphatic rings. The number of aromatic nitrogens is 3. The fourth-order valence-corrected chi connectivity index (χ4v) is 4.65. The highest BCUT2D eigenvalue weighted by atomic mass is 32.1. The molecule has 6 nitrogen and oxygen atoms in total. The maximum Gasteiger partial charge on any atom is 0.255 e. The van der Waals surface area contributed by atoms with Crippen LogP contribution in [0.3, 0.4) is 0 Å². The number of hydrogen-bond donors (Lipinski definition) is 1. The molecule has 0 radical (unpaired) electrons. The second kappa shape index (κ2) is 8.00. The van der Waals surface area contributed by atoms with E-state index in [0.29, 0.717) is 12.4 Å². The number of H-pyrrole nitrogens is 1. The summed E-state index contributed by atoms with van der Waals surface area (Å²) in [5.74, 6) is 0.676. The van der Waals surface area contributed by atoms with Crippen molar-refractivity contribution in [3.05, 3.63) is 68.2 Å². The van der Waals surface area contributed by atoms with Gasteiger partial charge in [-0.15, -0.1) is 0 Å². The predicted molar refractivity (Wildman–Crippen MR) is 115 cm³/mol. The molecule has 0 aromatic carbocycles. The molecule has 5 heterocycles. The standard InChI is InChI=1S/C22H23N5OS/c28-22-17-13-27(12-15-4-5-18(24-11-15)16-7-10-29-14-16)9-6-19(17)25-21(26-22)20-3-1-2-8-23-20/h4-5,7,10-11,14H,1-3,6,8-9,12-13H2,(H,25,26,28). The SMILES string of the molecule is O=c1[nH]c(C2=NCCCC2)nc2c1CN(Cc1ccc(-c3ccsc3)nc1)CC2. The van der Waals surface area contributed by atoms with E-state index in [1.165, 1.54) is 0 Å². The number of rotatable bonds is 4. The van der Waals surface area contributed by atoms with Crippen molar-refractivity contribution < 1.29 is 0 Å². The fourth-order valence-electron chi connectivity index (χ4n) is 4.00. The van der Waals surface area contributed by atoms with Crippen molar-refractivity contribution in [2.45, 2.75) is 38.8 Å². The van der Waals surface area contributed by atoms with Gasteiger partial charge in [-0.25, -0.2) is 4.98 Å². The number of nitrogens with zero attached hydrogens (tertiary/aromatic N) is 4. The predicted octanol–water partition coefficient (Wildman–Crippen LogP) is 3.42. The summed E-state index contributed by atoms with van der Waals surface area (Å²) in [6, 6.07) is 6.28. The van der Waals surface area contributed by atoms with E-state index < -0.39 is 0 Å². The number of aliphatic imine (C=N–C) groups is 1. The zero-order valence-corrected chi connectivity index (χ0v) is 17.0. The van der Waals surface area contributed by atoms with Gasteiger partial charge in [0.05, 0.1) is 22.7 Å². The first-order valence-corrected chi connectivity index (χ1v) is 11.1. The lowest BCUT2D eigenvalue weighted by atomic mass is 10.0. The molecular weight excluding hydrogens is 382 g/mol. The van der Waals surface area contributed by atoms with Crippen molar-refractivity contribution >= 4 is 17.0 Å². The molecule has 0 spiro atoms. The van der Waals surface area contributed by atoms with Crippen LogP contribution in [0.1, 0.15) is 41.9 Å². The van der Waals surface area contributed by atoms with E-state index in [1.807, 2.05) is 6.20 Å². The van der Waals surface area contributed by atoms with Crippen LogP contribution in [0.15, 0.2) is 44.9 Å². The topological polar surface area (TPSA) is 74.2 Å². The molecule has 0 amide bonds. The minimum atomic E-state index is -0.0195. The molecule has 29 heavy (non-hydrogen) atoms. The molecule has 3 aromatic heterocycles. The maximum absolute atomic E-state index is 12.7. The van der Waals surface area contributed by atoms with Gasteiger partial charge in [0.25, 0.3) is 5.56 Å². The molecule has 0 atom stereocenters. The number of aromatic amines is 1. The van der Waals surface area contributed by atoms with Gasteiger partial charge < -0.3 is 4.98 Å². The number of nitrogens with one attached hydrogen (secondary N) is 1. The van der Waals surface area contributed by atoms with Gasteiger partial charge in [-0.1, -0.05) is 6.07 Å². The summed E-state index contributed by atoms with van der Waals surface area (Å²) >= 11 is 1.68. The zero-order valence-electron chi connectivity index (χ0n) is 16.2. The van der Waals surface area contributed by atoms with Crippen molar-refractivity contribution in [2.24, 2.45) is 4.99 Å². The summed E-state index contributed by atoms with van der Waals surface area (Å²) in [5.41, 5.74) is 5.97. The van der Waals surface area contributed by atoms with Crippen molar-refractivity contribution in [3.8, 4) is 11.3 Å². The molecule has 148 valence electrons. The summed E-state index contributed by atoms with van der Waals surface area (Å²) < 4.78 is 0. The van der Waals surface area contributed by atoms with Crippen LogP contribution in [-0.4, -0.2) is 38.7 Å². The molecule has 0 aliphatic carbocycles. The Hall–Kier alpha value is -2.64. The van der Waals surface area contributed by atoms with E-state index in [-0.39, 0.29) is 5.56 Å². The van der Waals surface area contributed by atoms with Crippen molar-refractivity contribution in [2.75, 3.05) is 13.1 Å². The van der Waals surface area contributed by atoms with E-state index in [0.717, 1.165) is 79.1 Å². The smallest absolute Gasteiger partial charge is 0.255 e. The highest BCUT2D eigenvalue weighted by Gasteiger charge is 2.22. The third-order valence-corrected chi connectivity index (χ3v) is 6.28. The van der Waals surface area contributed by atoms with Crippen LogP contribution >= 0.6 is 11.3 Å². The molecule has 0 saturated carbocycles. The number of hydrogen-bond acceptors (Lipinski definition) is 6. The summed E-state index contributed by atoms with van der Waals surface area (Å²) in [4.78, 5) is 31.9. The van der Waals surface area contributed by atoms with E-state index in [9.17, 15) is 4.79 Å². The van der Waals surface area contributed by atoms with E-state index >= 15 is 0 Å². The highest BCUT2D eigenvalue weighted by Crippen LogP contribution is 2.21. The molecule has 0 fully saturated rings. The Bertz CT molecular complexity index is 1090. The molecule has 2 aliphatic heterocycles. The van der Waals surface area contributed by atoms with Gasteiger partial charge in [-0.2, -0.15) is 11.3 Å². The van der Waals surface area contributed by atoms with Crippen LogP contribution in [0.25, 0.3) is 11.3 Å². The number of pyridine rings is 1. The van der Waals surface area contributed by atoms with Crippen LogP contribution in [0.5, 0.6) is 0 Å². The highest BCUT2D eigenvalue weighted by molar-refractivity contribution is 7.08. The van der Waals surface area contributed by atoms with Gasteiger partial charge in [-0.05, 0) is 42.3 Å². The second-order valence-corrected chi connectivity index (χ2v) is 8.43. The molecule has 5 rings (SSSR count). The average molecular weight is 406 g/mol. The van der Waals surface area contributed by atoms with Crippen LogP contribution in [0.2, 0.25) is 0 Å². The van der Waals surface area contributed by atoms with E-state index in [1.54, 1.807) is 11.3 Å². The lowest BCUT2D eigenvalue weighted by Gasteiger charge is -2.27. The Kier molecular flexibility index (Phi) is 5.08. The van der Waals surface area contributed by atoms with Gasteiger partial charge >= 0.3 is 0 Å². The van der Waals surface area contributed by atoms with Gasteiger partial charge in [-0.3, -0.25) is 19.7 Å². The van der Waals surface area contributed by atoms with Crippen molar-refractivity contribution in [3.63, 3.8) is 0 Å². The van der Waals surface area contributed by atoms with Gasteiger partial charge in [0, 0.05) is 49.7 Å². The fraction of sp³-hybridized carbons (Fsp3) is 0.364. The largest absolute Gasteiger partial charge is 0.305 e. The Morgan fingerprint density at radius 3 is 2.90 bits per heavy atom. The van der Waals surface area contributed by atoms with Gasteiger partial charge in [0.2, 0.25) is 0 Å². The van der Waals surface area contributed by atoms with E-state index in [4.69, 9.17) is 4.98 Å². The Balaban J connectivity index is 1.31. The lowest BCUT2D eigenvalue weighted by molar-refractivity contribution is 0.241. The first-order valence-electron chi connectivity index (χ1n) is 10.1. The van der Waals surface area contributed by atoms with Crippen molar-refractivity contribution in [1.29, 1.82) is 0 Å². The molecule has 0 bridgehead atoms. The molecule has 3 aromatic rings. The minimum absolute atomic E-state index is 0.0195. The quantitative estimate of drug-likeness (QED) is 0.722. The first-order chi connectivity index (χ1) is 14.3. The summed E-state index contributed by atoms with van der Waals surface area (Å²) in [6.45, 7) is 3.13. The summed E-state index contributed by atoms with van der Waals surface area (Å²) in [6.07, 6.45) is 5.88. The third-order valence-electron chi connectivity index (χ3n) is 5.59. The summed E-state index contributed by atoms with van der Waals surface area (Å²) in [7, 11) is 0. The molecule has 1 N–H and O–H groups in total. The van der Waals surface area contributed by atoms with E-state index in [2.05, 4.69) is 48.8 Å².